The highest BCUT2D eigenvalue weighted by Crippen LogP contribution is 2.35. The third-order valence-electron chi connectivity index (χ3n) is 4.61. The summed E-state index contributed by atoms with van der Waals surface area (Å²) in [7, 11) is -2.35. The Morgan fingerprint density at radius 3 is 2.29 bits per heavy atom. The van der Waals surface area contributed by atoms with E-state index in [2.05, 4.69) is 14.7 Å². The molecule has 164 valence electrons. The molecule has 0 saturated heterocycles. The Morgan fingerprint density at radius 2 is 1.71 bits per heavy atom. The number of sulfonamides is 1. The fraction of sp³-hybridized carbons (Fsp3) is 0.273. The van der Waals surface area contributed by atoms with Crippen LogP contribution in [0.3, 0.4) is 0 Å². The first-order valence-corrected chi connectivity index (χ1v) is 11.2. The van der Waals surface area contributed by atoms with Crippen molar-refractivity contribution in [1.29, 1.82) is 0 Å². The van der Waals surface area contributed by atoms with Gasteiger partial charge in [0.1, 0.15) is 18.7 Å². The molecule has 0 radical (unpaired) electrons. The molecule has 3 aromatic rings. The highest BCUT2D eigenvalue weighted by Gasteiger charge is 2.21. The maximum absolute atomic E-state index is 13.0. The predicted octanol–water partition coefficient (Wildman–Crippen LogP) is 3.45. The highest BCUT2D eigenvalue weighted by molar-refractivity contribution is 7.92. The number of aliphatic hydroxyl groups excluding tert-OH is 1. The monoisotopic (exact) mass is 443 g/mol. The van der Waals surface area contributed by atoms with Crippen molar-refractivity contribution >= 4 is 15.8 Å². The van der Waals surface area contributed by atoms with Crippen molar-refractivity contribution in [2.75, 3.05) is 25.0 Å². The Hall–Kier alpha value is -3.17. The van der Waals surface area contributed by atoms with Gasteiger partial charge in [0.25, 0.3) is 10.0 Å². The molecule has 2 N–H and O–H groups in total. The molecule has 9 heteroatoms. The lowest BCUT2D eigenvalue weighted by Gasteiger charge is -2.15. The molecular weight excluding hydrogens is 418 g/mol. The Morgan fingerprint density at radius 1 is 1.03 bits per heavy atom. The summed E-state index contributed by atoms with van der Waals surface area (Å²) in [5.74, 6) is 1.16. The second kappa shape index (κ2) is 9.76. The van der Waals surface area contributed by atoms with Gasteiger partial charge in [-0.2, -0.15) is 0 Å². The zero-order chi connectivity index (χ0) is 22.4. The van der Waals surface area contributed by atoms with E-state index < -0.39 is 10.0 Å². The number of nitrogens with zero attached hydrogens (tertiary/aromatic N) is 2. The predicted molar refractivity (Wildman–Crippen MR) is 118 cm³/mol. The van der Waals surface area contributed by atoms with Gasteiger partial charge in [-0.25, -0.2) is 18.4 Å². The van der Waals surface area contributed by atoms with E-state index in [-0.39, 0.29) is 29.8 Å². The van der Waals surface area contributed by atoms with Gasteiger partial charge in [-0.15, -0.1) is 0 Å². The summed E-state index contributed by atoms with van der Waals surface area (Å²) < 4.78 is 39.3. The van der Waals surface area contributed by atoms with Crippen LogP contribution in [0.1, 0.15) is 25.3 Å². The molecule has 0 spiro atoms. The van der Waals surface area contributed by atoms with Crippen LogP contribution in [0, 0.1) is 0 Å². The quantitative estimate of drug-likeness (QED) is 0.521. The SMILES string of the molecule is COc1ccc(-c2c(NS(=O)(=O)c3ccc(C(C)C)cc3)ncnc2OCCO)cc1. The number of aliphatic hydroxyl groups is 1. The summed E-state index contributed by atoms with van der Waals surface area (Å²) in [6.07, 6.45) is 1.21. The molecule has 0 amide bonds. The summed E-state index contributed by atoms with van der Waals surface area (Å²) in [5, 5.41) is 9.13. The minimum atomic E-state index is -3.91. The number of nitrogens with one attached hydrogen (secondary N) is 1. The molecule has 1 aromatic heterocycles. The van der Waals surface area contributed by atoms with Crippen LogP contribution in [0.4, 0.5) is 5.82 Å². The maximum atomic E-state index is 13.0. The number of aromatic nitrogens is 2. The van der Waals surface area contributed by atoms with E-state index in [0.29, 0.717) is 22.8 Å². The highest BCUT2D eigenvalue weighted by atomic mass is 32.2. The van der Waals surface area contributed by atoms with E-state index in [1.807, 2.05) is 13.8 Å². The molecule has 2 aromatic carbocycles. The van der Waals surface area contributed by atoms with Gasteiger partial charge in [-0.3, -0.25) is 4.72 Å². The number of anilines is 1. The van der Waals surface area contributed by atoms with Crippen LogP contribution in [0.5, 0.6) is 11.6 Å². The first-order valence-electron chi connectivity index (χ1n) is 9.71. The molecule has 31 heavy (non-hydrogen) atoms. The van der Waals surface area contributed by atoms with Gasteiger partial charge < -0.3 is 14.6 Å². The number of hydrogen-bond donors (Lipinski definition) is 2. The van der Waals surface area contributed by atoms with Gasteiger partial charge in [-0.05, 0) is 41.3 Å². The number of methoxy groups -OCH3 is 1. The van der Waals surface area contributed by atoms with E-state index in [4.69, 9.17) is 14.6 Å². The molecule has 0 aliphatic rings. The molecule has 0 atom stereocenters. The molecule has 0 saturated carbocycles. The largest absolute Gasteiger partial charge is 0.497 e. The summed E-state index contributed by atoms with van der Waals surface area (Å²) in [6, 6.07) is 13.7. The van der Waals surface area contributed by atoms with Crippen molar-refractivity contribution < 1.29 is 23.0 Å². The first kappa shape index (κ1) is 22.5. The lowest BCUT2D eigenvalue weighted by atomic mass is 10.0. The lowest BCUT2D eigenvalue weighted by molar-refractivity contribution is 0.197. The van der Waals surface area contributed by atoms with Crippen LogP contribution in [-0.2, 0) is 10.0 Å². The minimum Gasteiger partial charge on any atom is -0.497 e. The Labute approximate surface area is 182 Å². The Kier molecular flexibility index (Phi) is 7.09. The van der Waals surface area contributed by atoms with Gasteiger partial charge >= 0.3 is 0 Å². The second-order valence-electron chi connectivity index (χ2n) is 7.03. The Bertz CT molecular complexity index is 1110. The molecule has 0 aliphatic carbocycles. The molecule has 3 rings (SSSR count). The molecule has 1 heterocycles. The minimum absolute atomic E-state index is 0.00300. The Balaban J connectivity index is 2.03. The number of hydrogen-bond acceptors (Lipinski definition) is 7. The van der Waals surface area contributed by atoms with Gasteiger partial charge in [0.2, 0.25) is 5.88 Å². The van der Waals surface area contributed by atoms with Gasteiger partial charge in [-0.1, -0.05) is 38.1 Å². The van der Waals surface area contributed by atoms with E-state index >= 15 is 0 Å². The van der Waals surface area contributed by atoms with Gasteiger partial charge in [0.05, 0.1) is 24.2 Å². The normalized spacial score (nSPS) is 11.4. The fourth-order valence-electron chi connectivity index (χ4n) is 2.93. The summed E-state index contributed by atoms with van der Waals surface area (Å²) in [6.45, 7) is 3.87. The van der Waals surface area contributed by atoms with E-state index in [1.54, 1.807) is 55.6 Å². The summed E-state index contributed by atoms with van der Waals surface area (Å²) in [4.78, 5) is 8.39. The fourth-order valence-corrected chi connectivity index (χ4v) is 3.96. The molecule has 8 nitrogen and oxygen atoms in total. The second-order valence-corrected chi connectivity index (χ2v) is 8.71. The van der Waals surface area contributed by atoms with Gasteiger partial charge in [0, 0.05) is 0 Å². The van der Waals surface area contributed by atoms with Crippen molar-refractivity contribution in [1.82, 2.24) is 9.97 Å². The van der Waals surface area contributed by atoms with Crippen LogP contribution in [0.2, 0.25) is 0 Å². The third kappa shape index (κ3) is 5.31. The molecule has 0 aliphatic heterocycles. The summed E-state index contributed by atoms with van der Waals surface area (Å²) >= 11 is 0. The topological polar surface area (TPSA) is 111 Å². The van der Waals surface area contributed by atoms with Crippen molar-refractivity contribution in [3.8, 4) is 22.8 Å². The zero-order valence-corrected chi connectivity index (χ0v) is 18.4. The average molecular weight is 444 g/mol. The number of benzene rings is 2. The van der Waals surface area contributed by atoms with Gasteiger partial charge in [0.15, 0.2) is 5.82 Å². The summed E-state index contributed by atoms with van der Waals surface area (Å²) in [5.41, 5.74) is 2.03. The van der Waals surface area contributed by atoms with E-state index in [1.165, 1.54) is 6.33 Å². The maximum Gasteiger partial charge on any atom is 0.263 e. The van der Waals surface area contributed by atoms with Crippen molar-refractivity contribution in [2.45, 2.75) is 24.7 Å². The first-order chi connectivity index (χ1) is 14.9. The van der Waals surface area contributed by atoms with Crippen LogP contribution in [0.15, 0.2) is 59.8 Å². The van der Waals surface area contributed by atoms with Crippen molar-refractivity contribution in [2.24, 2.45) is 0 Å². The average Bonchev–Trinajstić information content (AvgIpc) is 2.77. The van der Waals surface area contributed by atoms with E-state index in [0.717, 1.165) is 5.56 Å². The molecule has 0 fully saturated rings. The zero-order valence-electron chi connectivity index (χ0n) is 17.6. The van der Waals surface area contributed by atoms with Crippen molar-refractivity contribution in [3.05, 3.63) is 60.4 Å². The molecule has 0 unspecified atom stereocenters. The smallest absolute Gasteiger partial charge is 0.263 e. The van der Waals surface area contributed by atoms with Crippen LogP contribution >= 0.6 is 0 Å². The van der Waals surface area contributed by atoms with E-state index in [9.17, 15) is 8.42 Å². The van der Waals surface area contributed by atoms with Crippen LogP contribution < -0.4 is 14.2 Å². The molecule has 0 bridgehead atoms. The van der Waals surface area contributed by atoms with Crippen LogP contribution in [0.25, 0.3) is 11.1 Å². The molecular formula is C22H25N3O5S. The number of rotatable bonds is 9. The number of ether oxygens (including phenoxy) is 2. The third-order valence-corrected chi connectivity index (χ3v) is 5.96. The lowest BCUT2D eigenvalue weighted by Crippen LogP contribution is -2.16. The van der Waals surface area contributed by atoms with Crippen molar-refractivity contribution in [3.63, 3.8) is 0 Å². The standard InChI is InChI=1S/C22H25N3O5S/c1-15(2)16-6-10-19(11-7-16)31(27,28)25-21-20(17-4-8-18(29-3)9-5-17)22(24-14-23-21)30-13-12-26/h4-11,14-15,26H,12-13H2,1-3H3,(H,23,24,25). The van der Waals surface area contributed by atoms with Crippen LogP contribution in [-0.4, -0.2) is 43.8 Å².